The zero-order valence-electron chi connectivity index (χ0n) is 17.0. The second-order valence-corrected chi connectivity index (χ2v) is 7.41. The van der Waals surface area contributed by atoms with Gasteiger partial charge in [-0.15, -0.1) is 0 Å². The molecule has 3 aromatic heterocycles. The lowest BCUT2D eigenvalue weighted by Crippen LogP contribution is -2.10. The molecule has 8 nitrogen and oxygen atoms in total. The number of aromatic amines is 2. The summed E-state index contributed by atoms with van der Waals surface area (Å²) in [5.41, 5.74) is 9.77. The zero-order valence-corrected chi connectivity index (χ0v) is 17.0. The summed E-state index contributed by atoms with van der Waals surface area (Å²) >= 11 is 0. The average molecular weight is 429 g/mol. The molecule has 0 fully saturated rings. The Labute approximate surface area is 182 Å². The van der Waals surface area contributed by atoms with Crippen molar-refractivity contribution in [1.82, 2.24) is 24.9 Å². The molecule has 0 radical (unpaired) electrons. The van der Waals surface area contributed by atoms with E-state index >= 15 is 0 Å². The van der Waals surface area contributed by atoms with E-state index in [0.717, 1.165) is 16.7 Å². The van der Waals surface area contributed by atoms with Crippen LogP contribution in [0.1, 0.15) is 22.9 Å². The number of ether oxygens (including phenoxy) is 1. The molecule has 0 bridgehead atoms. The smallest absolute Gasteiger partial charge is 0.150 e. The number of amidine groups is 1. The summed E-state index contributed by atoms with van der Waals surface area (Å²) in [5, 5.41) is 7.58. The van der Waals surface area contributed by atoms with Crippen LogP contribution in [0, 0.1) is 11.2 Å². The van der Waals surface area contributed by atoms with Crippen molar-refractivity contribution in [3.63, 3.8) is 0 Å². The number of hydrogen-bond donors (Lipinski definition) is 4. The normalized spacial score (nSPS) is 11.3. The van der Waals surface area contributed by atoms with E-state index in [1.54, 1.807) is 18.3 Å². The number of hydrogen-bond acceptors (Lipinski definition) is 5. The summed E-state index contributed by atoms with van der Waals surface area (Å²) in [4.78, 5) is 19.8. The summed E-state index contributed by atoms with van der Waals surface area (Å²) in [6, 6.07) is 13.8. The van der Waals surface area contributed by atoms with Gasteiger partial charge >= 0.3 is 0 Å². The van der Waals surface area contributed by atoms with E-state index in [9.17, 15) is 4.39 Å². The predicted molar refractivity (Wildman–Crippen MR) is 119 cm³/mol. The molecule has 0 unspecified atom stereocenters. The van der Waals surface area contributed by atoms with E-state index in [-0.39, 0.29) is 5.84 Å². The van der Waals surface area contributed by atoms with Crippen molar-refractivity contribution in [3.8, 4) is 5.75 Å². The Morgan fingerprint density at radius 3 is 2.69 bits per heavy atom. The number of nitrogens with two attached hydrogens (primary N) is 1. The van der Waals surface area contributed by atoms with Crippen LogP contribution < -0.4 is 10.5 Å². The first-order chi connectivity index (χ1) is 15.5. The lowest BCUT2D eigenvalue weighted by molar-refractivity contribution is 0.322. The van der Waals surface area contributed by atoms with Gasteiger partial charge in [-0.05, 0) is 36.4 Å². The second kappa shape index (κ2) is 8.10. The summed E-state index contributed by atoms with van der Waals surface area (Å²) < 4.78 is 20.0. The van der Waals surface area contributed by atoms with E-state index in [1.807, 2.05) is 24.3 Å². The lowest BCUT2D eigenvalue weighted by atomic mass is 10.2. The lowest BCUT2D eigenvalue weighted by Gasteiger charge is -2.06. The first-order valence-electron chi connectivity index (χ1n) is 10.1. The van der Waals surface area contributed by atoms with Crippen molar-refractivity contribution in [2.45, 2.75) is 12.8 Å². The first-order valence-corrected chi connectivity index (χ1v) is 10.1. The minimum Gasteiger partial charge on any atom is -0.491 e. The van der Waals surface area contributed by atoms with Crippen LogP contribution in [0.3, 0.4) is 0 Å². The maximum absolute atomic E-state index is 14.1. The second-order valence-electron chi connectivity index (χ2n) is 7.41. The third kappa shape index (κ3) is 4.00. The monoisotopic (exact) mass is 429 g/mol. The summed E-state index contributed by atoms with van der Waals surface area (Å²) in [6.45, 7) is 0.361. The molecule has 0 saturated carbocycles. The maximum Gasteiger partial charge on any atom is 0.150 e. The molecular formula is C23H20FN7O. The topological polar surface area (TPSA) is 129 Å². The minimum atomic E-state index is -0.402. The van der Waals surface area contributed by atoms with Gasteiger partial charge < -0.3 is 20.4 Å². The van der Waals surface area contributed by atoms with E-state index < -0.39 is 5.82 Å². The van der Waals surface area contributed by atoms with E-state index in [0.29, 0.717) is 53.4 Å². The van der Waals surface area contributed by atoms with Crippen LogP contribution in [0.15, 0.2) is 54.7 Å². The third-order valence-corrected chi connectivity index (χ3v) is 5.08. The number of rotatable bonds is 7. The van der Waals surface area contributed by atoms with E-state index in [4.69, 9.17) is 15.9 Å². The van der Waals surface area contributed by atoms with Gasteiger partial charge in [-0.1, -0.05) is 6.07 Å². The highest BCUT2D eigenvalue weighted by atomic mass is 19.1. The summed E-state index contributed by atoms with van der Waals surface area (Å²) in [5.74, 6) is 1.30. The molecule has 0 spiro atoms. The minimum absolute atomic E-state index is 0.00191. The van der Waals surface area contributed by atoms with Gasteiger partial charge in [0, 0.05) is 29.9 Å². The summed E-state index contributed by atoms with van der Waals surface area (Å²) in [6.07, 6.45) is 2.74. The average Bonchev–Trinajstić information content (AvgIpc) is 3.36. The molecule has 0 atom stereocenters. The Bertz CT molecular complexity index is 1420. The number of imidazole rings is 2. The highest BCUT2D eigenvalue weighted by Crippen LogP contribution is 2.26. The number of benzene rings is 2. The SMILES string of the molecule is N=C(N)c1ccc2nc(Cc3nc4c(OCCc5ccccn5)cc(F)cc4[nH]3)[nH]c2c1. The molecule has 3 heterocycles. The summed E-state index contributed by atoms with van der Waals surface area (Å²) in [7, 11) is 0. The highest BCUT2D eigenvalue weighted by molar-refractivity contribution is 5.97. The molecule has 5 aromatic rings. The maximum atomic E-state index is 14.1. The number of H-pyrrole nitrogens is 2. The third-order valence-electron chi connectivity index (χ3n) is 5.08. The van der Waals surface area contributed by atoms with Crippen LogP contribution in [0.4, 0.5) is 4.39 Å². The number of nitrogens with zero attached hydrogens (tertiary/aromatic N) is 3. The van der Waals surface area contributed by atoms with Crippen LogP contribution in [0.2, 0.25) is 0 Å². The Balaban J connectivity index is 1.37. The molecule has 0 aliphatic carbocycles. The van der Waals surface area contributed by atoms with Crippen LogP contribution in [-0.4, -0.2) is 37.4 Å². The van der Waals surface area contributed by atoms with Crippen LogP contribution in [0.5, 0.6) is 5.75 Å². The van der Waals surface area contributed by atoms with Gasteiger partial charge in [0.05, 0.1) is 29.6 Å². The van der Waals surface area contributed by atoms with Crippen molar-refractivity contribution >= 4 is 27.9 Å². The molecule has 0 aliphatic heterocycles. The fourth-order valence-electron chi connectivity index (χ4n) is 3.58. The van der Waals surface area contributed by atoms with Gasteiger partial charge in [0.25, 0.3) is 0 Å². The van der Waals surface area contributed by atoms with Crippen molar-refractivity contribution in [2.24, 2.45) is 5.73 Å². The fraction of sp³-hybridized carbons (Fsp3) is 0.130. The number of halogens is 1. The predicted octanol–water partition coefficient (Wildman–Crippen LogP) is 3.47. The quantitative estimate of drug-likeness (QED) is 0.233. The molecule has 0 amide bonds. The molecule has 2 aromatic carbocycles. The van der Waals surface area contributed by atoms with Gasteiger partial charge in [-0.25, -0.2) is 14.4 Å². The zero-order chi connectivity index (χ0) is 22.1. The van der Waals surface area contributed by atoms with Crippen molar-refractivity contribution in [2.75, 3.05) is 6.61 Å². The van der Waals surface area contributed by atoms with Crippen LogP contribution in [0.25, 0.3) is 22.1 Å². The number of fused-ring (bicyclic) bond motifs is 2. The number of nitrogens with one attached hydrogen (secondary N) is 3. The van der Waals surface area contributed by atoms with Gasteiger partial charge in [-0.2, -0.15) is 0 Å². The molecule has 32 heavy (non-hydrogen) atoms. The fourth-order valence-corrected chi connectivity index (χ4v) is 3.58. The first kappa shape index (κ1) is 19.7. The molecular weight excluding hydrogens is 409 g/mol. The van der Waals surface area contributed by atoms with Crippen LogP contribution in [-0.2, 0) is 12.8 Å². The Morgan fingerprint density at radius 2 is 1.88 bits per heavy atom. The van der Waals surface area contributed by atoms with Gasteiger partial charge in [0.2, 0.25) is 0 Å². The Kier molecular flexibility index (Phi) is 4.98. The van der Waals surface area contributed by atoms with E-state index in [1.165, 1.54) is 12.1 Å². The number of aromatic nitrogens is 5. The molecule has 0 saturated heterocycles. The Morgan fingerprint density at radius 1 is 1.03 bits per heavy atom. The molecule has 5 N–H and O–H groups in total. The van der Waals surface area contributed by atoms with Crippen molar-refractivity contribution < 1.29 is 9.13 Å². The van der Waals surface area contributed by atoms with E-state index in [2.05, 4.69) is 24.9 Å². The number of nitrogen functional groups attached to an aromatic ring is 1. The molecule has 160 valence electrons. The largest absolute Gasteiger partial charge is 0.491 e. The molecule has 9 heteroatoms. The van der Waals surface area contributed by atoms with Gasteiger partial charge in [-0.3, -0.25) is 10.4 Å². The van der Waals surface area contributed by atoms with Gasteiger partial charge in [0.15, 0.2) is 0 Å². The standard InChI is InChI=1S/C23H20FN7O/c24-14-10-18-22(19(11-14)32-8-6-15-3-1-2-7-27-15)31-21(30-18)12-20-28-16-5-4-13(23(25)26)9-17(16)29-20/h1-5,7,9-11H,6,8,12H2,(H3,25,26)(H,28,29)(H,30,31). The number of pyridine rings is 1. The molecule has 0 aliphatic rings. The highest BCUT2D eigenvalue weighted by Gasteiger charge is 2.14. The van der Waals surface area contributed by atoms with Crippen molar-refractivity contribution in [3.05, 3.63) is 83.5 Å². The Hall–Kier alpha value is -4.27. The van der Waals surface area contributed by atoms with Crippen molar-refractivity contribution in [1.29, 1.82) is 5.41 Å². The van der Waals surface area contributed by atoms with Gasteiger partial charge in [0.1, 0.15) is 34.6 Å². The molecule has 5 rings (SSSR count). The van der Waals surface area contributed by atoms with Crippen LogP contribution >= 0.6 is 0 Å².